The van der Waals surface area contributed by atoms with E-state index in [2.05, 4.69) is 15.6 Å². The van der Waals surface area contributed by atoms with E-state index in [-0.39, 0.29) is 6.03 Å². The van der Waals surface area contributed by atoms with Gasteiger partial charge in [-0.15, -0.1) is 16.4 Å². The Kier molecular flexibility index (Phi) is 3.34. The molecule has 0 spiro atoms. The molecule has 2 heterocycles. The van der Waals surface area contributed by atoms with Crippen molar-refractivity contribution in [3.63, 3.8) is 0 Å². The number of rotatable bonds is 3. The molecule has 20 heavy (non-hydrogen) atoms. The van der Waals surface area contributed by atoms with Crippen LogP contribution in [0.15, 0.2) is 35.7 Å². The van der Waals surface area contributed by atoms with Crippen molar-refractivity contribution >= 4 is 28.4 Å². The minimum absolute atomic E-state index is 0.311. The number of carbonyl (C=O) groups excluding carboxylic acids is 1. The topological polar surface area (TPSA) is 69.0 Å². The van der Waals surface area contributed by atoms with E-state index in [4.69, 9.17) is 4.74 Å². The van der Waals surface area contributed by atoms with E-state index in [1.54, 1.807) is 36.6 Å². The second kappa shape index (κ2) is 5.30. The average molecular weight is 288 g/mol. The molecule has 1 N–H and O–H groups in total. The molecule has 1 amide bonds. The fourth-order valence-electron chi connectivity index (χ4n) is 1.83. The molecule has 2 aromatic heterocycles. The van der Waals surface area contributed by atoms with Crippen molar-refractivity contribution in [2.24, 2.45) is 0 Å². The third kappa shape index (κ3) is 2.35. The molecule has 0 bridgehead atoms. The molecule has 0 unspecified atom stereocenters. The summed E-state index contributed by atoms with van der Waals surface area (Å²) in [5.74, 6) is 0.659. The highest BCUT2D eigenvalue weighted by Gasteiger charge is 2.12. The van der Waals surface area contributed by atoms with Gasteiger partial charge in [0.05, 0.1) is 13.7 Å². The number of thiophene rings is 1. The number of nitrogens with zero attached hydrogens (tertiary/aromatic N) is 3. The van der Waals surface area contributed by atoms with Crippen LogP contribution in [0, 0.1) is 0 Å². The SMILES string of the molecule is COc1ccc2nnn(C(=O)NCc3cccs3)c2c1. The van der Waals surface area contributed by atoms with Gasteiger partial charge in [-0.3, -0.25) is 0 Å². The monoisotopic (exact) mass is 288 g/mol. The summed E-state index contributed by atoms with van der Waals surface area (Å²) in [6.45, 7) is 0.474. The number of ether oxygens (including phenoxy) is 1. The number of hydrogen-bond donors (Lipinski definition) is 1. The van der Waals surface area contributed by atoms with E-state index in [9.17, 15) is 4.79 Å². The molecule has 102 valence electrons. The van der Waals surface area contributed by atoms with Gasteiger partial charge in [0, 0.05) is 10.9 Å². The van der Waals surface area contributed by atoms with Crippen molar-refractivity contribution in [1.29, 1.82) is 0 Å². The molecule has 0 aliphatic rings. The van der Waals surface area contributed by atoms with Gasteiger partial charge in [-0.05, 0) is 23.6 Å². The van der Waals surface area contributed by atoms with E-state index in [0.29, 0.717) is 23.3 Å². The van der Waals surface area contributed by atoms with Gasteiger partial charge < -0.3 is 10.1 Å². The summed E-state index contributed by atoms with van der Waals surface area (Å²) >= 11 is 1.59. The average Bonchev–Trinajstić information content (AvgIpc) is 3.13. The first-order valence-corrected chi connectivity index (χ1v) is 6.86. The maximum absolute atomic E-state index is 12.1. The Labute approximate surface area is 119 Å². The molecule has 0 aliphatic heterocycles. The third-order valence-corrected chi connectivity index (χ3v) is 3.72. The summed E-state index contributed by atoms with van der Waals surface area (Å²) in [7, 11) is 1.58. The van der Waals surface area contributed by atoms with Gasteiger partial charge in [0.1, 0.15) is 16.8 Å². The van der Waals surface area contributed by atoms with Crippen LogP contribution in [0.1, 0.15) is 4.88 Å². The Balaban J connectivity index is 1.83. The zero-order valence-electron chi connectivity index (χ0n) is 10.7. The second-order valence-corrected chi connectivity index (χ2v) is 5.13. The zero-order valence-corrected chi connectivity index (χ0v) is 11.6. The van der Waals surface area contributed by atoms with Crippen molar-refractivity contribution in [2.75, 3.05) is 7.11 Å². The smallest absolute Gasteiger partial charge is 0.344 e. The van der Waals surface area contributed by atoms with Gasteiger partial charge in [0.15, 0.2) is 0 Å². The van der Waals surface area contributed by atoms with Crippen molar-refractivity contribution in [3.05, 3.63) is 40.6 Å². The molecule has 1 aromatic carbocycles. The third-order valence-electron chi connectivity index (χ3n) is 2.84. The van der Waals surface area contributed by atoms with E-state index >= 15 is 0 Å². The van der Waals surface area contributed by atoms with Crippen LogP contribution >= 0.6 is 11.3 Å². The lowest BCUT2D eigenvalue weighted by molar-refractivity contribution is 0.239. The predicted octanol–water partition coefficient (Wildman–Crippen LogP) is 2.26. The molecule has 0 aliphatic carbocycles. The van der Waals surface area contributed by atoms with Gasteiger partial charge >= 0.3 is 6.03 Å². The van der Waals surface area contributed by atoms with Crippen LogP contribution in [-0.2, 0) is 6.54 Å². The first-order valence-electron chi connectivity index (χ1n) is 5.98. The minimum atomic E-state index is -0.311. The Morgan fingerprint density at radius 3 is 3.10 bits per heavy atom. The van der Waals surface area contributed by atoms with Gasteiger partial charge in [-0.1, -0.05) is 11.3 Å². The standard InChI is InChI=1S/C13H12N4O2S/c1-19-9-4-5-11-12(7-9)17(16-15-11)13(18)14-8-10-3-2-6-20-10/h2-7H,8H2,1H3,(H,14,18). The van der Waals surface area contributed by atoms with Crippen molar-refractivity contribution in [3.8, 4) is 5.75 Å². The molecule has 3 aromatic rings. The maximum Gasteiger partial charge on any atom is 0.344 e. The van der Waals surface area contributed by atoms with Gasteiger partial charge in [0.25, 0.3) is 0 Å². The van der Waals surface area contributed by atoms with Crippen LogP contribution in [0.25, 0.3) is 11.0 Å². The van der Waals surface area contributed by atoms with E-state index in [0.717, 1.165) is 4.88 Å². The van der Waals surface area contributed by atoms with Crippen molar-refractivity contribution in [1.82, 2.24) is 20.3 Å². The summed E-state index contributed by atoms with van der Waals surface area (Å²) in [6, 6.07) is 8.89. The highest BCUT2D eigenvalue weighted by molar-refractivity contribution is 7.09. The molecular formula is C13H12N4O2S. The highest BCUT2D eigenvalue weighted by Crippen LogP contribution is 2.18. The number of hydrogen-bond acceptors (Lipinski definition) is 5. The van der Waals surface area contributed by atoms with Crippen LogP contribution < -0.4 is 10.1 Å². The Morgan fingerprint density at radius 2 is 2.35 bits per heavy atom. The number of fused-ring (bicyclic) bond motifs is 1. The van der Waals surface area contributed by atoms with E-state index in [1.165, 1.54) is 4.68 Å². The van der Waals surface area contributed by atoms with Crippen LogP contribution in [0.4, 0.5) is 4.79 Å². The molecule has 7 heteroatoms. The Morgan fingerprint density at radius 1 is 1.45 bits per heavy atom. The van der Waals surface area contributed by atoms with Crippen LogP contribution in [0.2, 0.25) is 0 Å². The predicted molar refractivity (Wildman–Crippen MR) is 76.0 cm³/mol. The number of amides is 1. The first kappa shape index (κ1) is 12.6. The van der Waals surface area contributed by atoms with Crippen LogP contribution in [0.3, 0.4) is 0 Å². The van der Waals surface area contributed by atoms with Crippen LogP contribution in [-0.4, -0.2) is 28.1 Å². The Hall–Kier alpha value is -2.41. The van der Waals surface area contributed by atoms with E-state index in [1.807, 2.05) is 17.5 Å². The summed E-state index contributed by atoms with van der Waals surface area (Å²) in [5, 5.41) is 12.6. The molecule has 0 saturated heterocycles. The fourth-order valence-corrected chi connectivity index (χ4v) is 2.47. The molecule has 0 atom stereocenters. The molecular weight excluding hydrogens is 276 g/mol. The van der Waals surface area contributed by atoms with Crippen molar-refractivity contribution in [2.45, 2.75) is 6.54 Å². The van der Waals surface area contributed by atoms with Crippen molar-refractivity contribution < 1.29 is 9.53 Å². The lowest BCUT2D eigenvalue weighted by Gasteiger charge is -2.04. The van der Waals surface area contributed by atoms with Gasteiger partial charge in [-0.2, -0.15) is 4.68 Å². The fraction of sp³-hybridized carbons (Fsp3) is 0.154. The summed E-state index contributed by atoms with van der Waals surface area (Å²) in [4.78, 5) is 13.2. The molecule has 0 fully saturated rings. The Bertz CT molecular complexity index is 736. The van der Waals surface area contributed by atoms with Gasteiger partial charge in [0.2, 0.25) is 0 Å². The first-order chi connectivity index (χ1) is 9.78. The molecule has 3 rings (SSSR count). The number of aromatic nitrogens is 3. The summed E-state index contributed by atoms with van der Waals surface area (Å²) in [6.07, 6.45) is 0. The molecule has 0 saturated carbocycles. The lowest BCUT2D eigenvalue weighted by atomic mass is 10.3. The van der Waals surface area contributed by atoms with Crippen LogP contribution in [0.5, 0.6) is 5.75 Å². The number of carbonyl (C=O) groups is 1. The minimum Gasteiger partial charge on any atom is -0.497 e. The zero-order chi connectivity index (χ0) is 13.9. The van der Waals surface area contributed by atoms with Gasteiger partial charge in [-0.25, -0.2) is 4.79 Å². The van der Waals surface area contributed by atoms with E-state index < -0.39 is 0 Å². The number of nitrogens with one attached hydrogen (secondary N) is 1. The highest BCUT2D eigenvalue weighted by atomic mass is 32.1. The molecule has 0 radical (unpaired) electrons. The second-order valence-electron chi connectivity index (χ2n) is 4.09. The maximum atomic E-state index is 12.1. The summed E-state index contributed by atoms with van der Waals surface area (Å²) in [5.41, 5.74) is 1.27. The largest absolute Gasteiger partial charge is 0.497 e. The lowest BCUT2D eigenvalue weighted by Crippen LogP contribution is -2.28. The number of benzene rings is 1. The summed E-state index contributed by atoms with van der Waals surface area (Å²) < 4.78 is 6.39. The normalized spacial score (nSPS) is 10.7. The molecule has 6 nitrogen and oxygen atoms in total. The quantitative estimate of drug-likeness (QED) is 0.802. The number of methoxy groups -OCH3 is 1.